The summed E-state index contributed by atoms with van der Waals surface area (Å²) in [5.74, 6) is -1.10. The Bertz CT molecular complexity index is 509. The van der Waals surface area contributed by atoms with Gasteiger partial charge in [-0.3, -0.25) is 4.79 Å². The zero-order chi connectivity index (χ0) is 15.3. The van der Waals surface area contributed by atoms with E-state index in [0.29, 0.717) is 18.0 Å². The number of hydrogen-bond acceptors (Lipinski definition) is 5. The zero-order valence-corrected chi connectivity index (χ0v) is 12.9. The molecule has 1 aromatic heterocycles. The Kier molecular flexibility index (Phi) is 5.30. The molecule has 1 aliphatic rings. The quantitative estimate of drug-likeness (QED) is 0.837. The molecule has 0 bridgehead atoms. The van der Waals surface area contributed by atoms with Gasteiger partial charge in [-0.1, -0.05) is 19.3 Å². The van der Waals surface area contributed by atoms with Gasteiger partial charge < -0.3 is 15.2 Å². The number of rotatable bonds is 6. The van der Waals surface area contributed by atoms with E-state index in [0.717, 1.165) is 32.1 Å². The normalized spacial score (nSPS) is 17.4. The van der Waals surface area contributed by atoms with Crippen LogP contribution in [0.2, 0.25) is 0 Å². The van der Waals surface area contributed by atoms with Crippen molar-refractivity contribution in [3.05, 3.63) is 16.1 Å². The minimum absolute atomic E-state index is 0.0574. The van der Waals surface area contributed by atoms with E-state index in [1.54, 1.807) is 7.11 Å². The number of aromatic carboxylic acids is 1. The summed E-state index contributed by atoms with van der Waals surface area (Å²) >= 11 is 1.30. The van der Waals surface area contributed by atoms with Gasteiger partial charge in [-0.05, 0) is 12.8 Å². The van der Waals surface area contributed by atoms with E-state index in [-0.39, 0.29) is 11.6 Å². The molecule has 116 valence electrons. The highest BCUT2D eigenvalue weighted by Crippen LogP contribution is 2.31. The van der Waals surface area contributed by atoms with E-state index in [9.17, 15) is 9.59 Å². The summed E-state index contributed by atoms with van der Waals surface area (Å²) in [5, 5.41) is 13.9. The number of carboxylic acids is 1. The zero-order valence-electron chi connectivity index (χ0n) is 12.1. The van der Waals surface area contributed by atoms with Crippen LogP contribution in [0.5, 0.6) is 0 Å². The first-order valence-corrected chi connectivity index (χ1v) is 7.96. The van der Waals surface area contributed by atoms with E-state index in [1.807, 2.05) is 0 Å². The van der Waals surface area contributed by atoms with Gasteiger partial charge in [-0.2, -0.15) is 0 Å². The molecule has 0 saturated heterocycles. The van der Waals surface area contributed by atoms with Crippen LogP contribution in [0.1, 0.15) is 47.6 Å². The Morgan fingerprint density at radius 3 is 2.71 bits per heavy atom. The molecule has 0 radical (unpaired) electrons. The van der Waals surface area contributed by atoms with Crippen molar-refractivity contribution >= 4 is 23.2 Å². The highest BCUT2D eigenvalue weighted by Gasteiger charge is 2.39. The molecule has 0 aromatic carbocycles. The summed E-state index contributed by atoms with van der Waals surface area (Å²) < 4.78 is 5.48. The summed E-state index contributed by atoms with van der Waals surface area (Å²) in [6.45, 7) is 0.441. The standard InChI is InChI=1S/C14H20N2O4S/c1-20-14(6-3-2-4-7-14)13(19)15-8-5-11-16-10(9-21-11)12(17)18/h9H,2-8H2,1H3,(H,15,19)(H,17,18). The van der Waals surface area contributed by atoms with E-state index >= 15 is 0 Å². The predicted octanol–water partition coefficient (Wildman–Crippen LogP) is 1.85. The molecule has 0 atom stereocenters. The number of carboxylic acid groups (broad SMARTS) is 1. The SMILES string of the molecule is COC1(C(=O)NCCc2nc(C(=O)O)cs2)CCCCC1. The fraction of sp³-hybridized carbons (Fsp3) is 0.643. The largest absolute Gasteiger partial charge is 0.476 e. The molecular formula is C14H20N2O4S. The summed E-state index contributed by atoms with van der Waals surface area (Å²) in [6, 6.07) is 0. The van der Waals surface area contributed by atoms with Gasteiger partial charge in [0, 0.05) is 25.5 Å². The van der Waals surface area contributed by atoms with Gasteiger partial charge in [0.25, 0.3) is 5.91 Å². The maximum atomic E-state index is 12.3. The summed E-state index contributed by atoms with van der Waals surface area (Å²) in [7, 11) is 1.59. The third kappa shape index (κ3) is 3.79. The minimum atomic E-state index is -1.03. The molecule has 1 heterocycles. The van der Waals surface area contributed by atoms with Crippen LogP contribution < -0.4 is 5.32 Å². The fourth-order valence-corrected chi connectivity index (χ4v) is 3.39. The van der Waals surface area contributed by atoms with Gasteiger partial charge in [0.2, 0.25) is 0 Å². The molecule has 7 heteroatoms. The lowest BCUT2D eigenvalue weighted by Gasteiger charge is -2.34. The number of aromatic nitrogens is 1. The number of amides is 1. The highest BCUT2D eigenvalue weighted by molar-refractivity contribution is 7.09. The predicted molar refractivity (Wildman–Crippen MR) is 78.6 cm³/mol. The van der Waals surface area contributed by atoms with Crippen LogP contribution in [0.4, 0.5) is 0 Å². The Hall–Kier alpha value is -1.47. The third-order valence-electron chi connectivity index (χ3n) is 3.86. The Balaban J connectivity index is 1.84. The van der Waals surface area contributed by atoms with Crippen molar-refractivity contribution in [2.45, 2.75) is 44.1 Å². The first kappa shape index (κ1) is 15.9. The number of nitrogens with zero attached hydrogens (tertiary/aromatic N) is 1. The fourth-order valence-electron chi connectivity index (χ4n) is 2.61. The minimum Gasteiger partial charge on any atom is -0.476 e. The van der Waals surface area contributed by atoms with E-state index < -0.39 is 11.6 Å². The van der Waals surface area contributed by atoms with Crippen molar-refractivity contribution in [1.82, 2.24) is 10.3 Å². The average molecular weight is 312 g/mol. The first-order valence-electron chi connectivity index (χ1n) is 7.08. The van der Waals surface area contributed by atoms with Crippen LogP contribution in [0.3, 0.4) is 0 Å². The van der Waals surface area contributed by atoms with Crippen molar-refractivity contribution in [3.63, 3.8) is 0 Å². The molecule has 1 aliphatic carbocycles. The third-order valence-corrected chi connectivity index (χ3v) is 4.77. The van der Waals surface area contributed by atoms with Crippen molar-refractivity contribution in [1.29, 1.82) is 0 Å². The lowest BCUT2D eigenvalue weighted by atomic mass is 9.84. The van der Waals surface area contributed by atoms with Gasteiger partial charge in [0.1, 0.15) is 5.60 Å². The molecule has 0 spiro atoms. The van der Waals surface area contributed by atoms with Gasteiger partial charge >= 0.3 is 5.97 Å². The van der Waals surface area contributed by atoms with Crippen LogP contribution in [0, 0.1) is 0 Å². The molecule has 2 N–H and O–H groups in total. The molecule has 1 amide bonds. The van der Waals surface area contributed by atoms with Crippen molar-refractivity contribution in [2.75, 3.05) is 13.7 Å². The molecule has 1 saturated carbocycles. The van der Waals surface area contributed by atoms with Crippen LogP contribution in [-0.2, 0) is 16.0 Å². The molecule has 0 aliphatic heterocycles. The number of thiazole rings is 1. The number of ether oxygens (including phenoxy) is 1. The lowest BCUT2D eigenvalue weighted by Crippen LogP contribution is -2.50. The number of methoxy groups -OCH3 is 1. The number of nitrogens with one attached hydrogen (secondary N) is 1. The lowest BCUT2D eigenvalue weighted by molar-refractivity contribution is -0.147. The topological polar surface area (TPSA) is 88.5 Å². The van der Waals surface area contributed by atoms with Crippen LogP contribution >= 0.6 is 11.3 Å². The molecule has 1 aromatic rings. The van der Waals surface area contributed by atoms with Crippen molar-refractivity contribution in [3.8, 4) is 0 Å². The van der Waals surface area contributed by atoms with E-state index in [2.05, 4.69) is 10.3 Å². The molecule has 1 fully saturated rings. The van der Waals surface area contributed by atoms with Gasteiger partial charge in [0.15, 0.2) is 5.69 Å². The summed E-state index contributed by atoms with van der Waals surface area (Å²) in [5.41, 5.74) is -0.630. The number of carbonyl (C=O) groups excluding carboxylic acids is 1. The summed E-state index contributed by atoms with van der Waals surface area (Å²) in [4.78, 5) is 27.0. The smallest absolute Gasteiger partial charge is 0.355 e. The second-order valence-electron chi connectivity index (χ2n) is 5.20. The molecule has 0 unspecified atom stereocenters. The van der Waals surface area contributed by atoms with Gasteiger partial charge in [0.05, 0.1) is 5.01 Å². The second-order valence-corrected chi connectivity index (χ2v) is 6.14. The number of hydrogen-bond donors (Lipinski definition) is 2. The summed E-state index contributed by atoms with van der Waals surface area (Å²) in [6.07, 6.45) is 5.22. The Labute approximate surface area is 127 Å². The number of carbonyl (C=O) groups is 2. The van der Waals surface area contributed by atoms with E-state index in [1.165, 1.54) is 16.7 Å². The van der Waals surface area contributed by atoms with Crippen molar-refractivity contribution < 1.29 is 19.4 Å². The van der Waals surface area contributed by atoms with Gasteiger partial charge in [-0.25, -0.2) is 9.78 Å². The average Bonchev–Trinajstić information content (AvgIpc) is 2.97. The van der Waals surface area contributed by atoms with Crippen LogP contribution in [-0.4, -0.2) is 41.2 Å². The van der Waals surface area contributed by atoms with Crippen molar-refractivity contribution in [2.24, 2.45) is 0 Å². The first-order chi connectivity index (χ1) is 10.1. The highest BCUT2D eigenvalue weighted by atomic mass is 32.1. The van der Waals surface area contributed by atoms with E-state index in [4.69, 9.17) is 9.84 Å². The van der Waals surface area contributed by atoms with Crippen LogP contribution in [0.15, 0.2) is 5.38 Å². The van der Waals surface area contributed by atoms with Gasteiger partial charge in [-0.15, -0.1) is 11.3 Å². The molecule has 2 rings (SSSR count). The molecular weight excluding hydrogens is 292 g/mol. The molecule has 6 nitrogen and oxygen atoms in total. The Morgan fingerprint density at radius 2 is 2.14 bits per heavy atom. The Morgan fingerprint density at radius 1 is 1.43 bits per heavy atom. The van der Waals surface area contributed by atoms with Crippen LogP contribution in [0.25, 0.3) is 0 Å². The second kappa shape index (κ2) is 7.00. The molecule has 21 heavy (non-hydrogen) atoms. The monoisotopic (exact) mass is 312 g/mol. The maximum absolute atomic E-state index is 12.3. The maximum Gasteiger partial charge on any atom is 0.355 e.